The highest BCUT2D eigenvalue weighted by atomic mass is 19.2. The van der Waals surface area contributed by atoms with Gasteiger partial charge in [0.15, 0.2) is 17.5 Å². The molecule has 1 unspecified atom stereocenters. The van der Waals surface area contributed by atoms with Gasteiger partial charge in [-0.15, -0.1) is 0 Å². The second-order valence-electron chi connectivity index (χ2n) is 5.63. The van der Waals surface area contributed by atoms with Crippen LogP contribution in [0.2, 0.25) is 0 Å². The van der Waals surface area contributed by atoms with Crippen LogP contribution < -0.4 is 5.32 Å². The molecule has 2 nitrogen and oxygen atoms in total. The Morgan fingerprint density at radius 3 is 2.43 bits per heavy atom. The molecule has 1 fully saturated rings. The van der Waals surface area contributed by atoms with Gasteiger partial charge in [0.05, 0.1) is 11.6 Å². The fourth-order valence-electron chi connectivity index (χ4n) is 3.22. The molecule has 5 heteroatoms. The van der Waals surface area contributed by atoms with E-state index in [1.807, 2.05) is 6.92 Å². The number of hydrogen-bond donors (Lipinski definition) is 1. The van der Waals surface area contributed by atoms with E-state index < -0.39 is 29.1 Å². The van der Waals surface area contributed by atoms with Gasteiger partial charge in [-0.1, -0.05) is 25.8 Å². The molecule has 1 aliphatic rings. The highest BCUT2D eigenvalue weighted by molar-refractivity contribution is 5.27. The van der Waals surface area contributed by atoms with Crippen molar-refractivity contribution in [1.82, 2.24) is 5.32 Å². The van der Waals surface area contributed by atoms with Gasteiger partial charge in [-0.2, -0.15) is 0 Å². The van der Waals surface area contributed by atoms with Crippen LogP contribution in [0.5, 0.6) is 0 Å². The Balaban J connectivity index is 2.42. The summed E-state index contributed by atoms with van der Waals surface area (Å²) in [5, 5.41) is 3.25. The molecule has 2 rings (SSSR count). The molecule has 1 N–H and O–H groups in total. The highest BCUT2D eigenvalue weighted by Crippen LogP contribution is 2.43. The molecule has 0 bridgehead atoms. The van der Waals surface area contributed by atoms with Gasteiger partial charge in [-0.25, -0.2) is 13.2 Å². The third-order valence-electron chi connectivity index (χ3n) is 4.36. The minimum atomic E-state index is -1.42. The summed E-state index contributed by atoms with van der Waals surface area (Å²) < 4.78 is 46.6. The molecule has 0 amide bonds. The van der Waals surface area contributed by atoms with E-state index in [-0.39, 0.29) is 5.56 Å². The molecule has 0 saturated heterocycles. The van der Waals surface area contributed by atoms with Gasteiger partial charge in [0.1, 0.15) is 0 Å². The second-order valence-corrected chi connectivity index (χ2v) is 5.63. The van der Waals surface area contributed by atoms with Crippen molar-refractivity contribution in [2.24, 2.45) is 0 Å². The Kier molecular flexibility index (Phi) is 5.27. The second kappa shape index (κ2) is 6.79. The van der Waals surface area contributed by atoms with Gasteiger partial charge in [-0.3, -0.25) is 0 Å². The Labute approximate surface area is 123 Å². The third kappa shape index (κ3) is 3.09. The standard InChI is InChI=1S/C16H22F3NO/c1-3-10-20-15(16(21-2)8-4-5-9-16)11-6-7-12(17)14(19)13(11)18/h6-7,15,20H,3-5,8-10H2,1-2H3. The van der Waals surface area contributed by atoms with Crippen molar-refractivity contribution in [2.45, 2.75) is 50.7 Å². The van der Waals surface area contributed by atoms with Crippen molar-refractivity contribution in [3.05, 3.63) is 35.1 Å². The number of hydrogen-bond acceptors (Lipinski definition) is 2. The molecule has 0 spiro atoms. The van der Waals surface area contributed by atoms with E-state index in [1.165, 1.54) is 6.07 Å². The maximum absolute atomic E-state index is 14.2. The number of ether oxygens (including phenoxy) is 1. The van der Waals surface area contributed by atoms with Gasteiger partial charge < -0.3 is 10.1 Å². The van der Waals surface area contributed by atoms with Gasteiger partial charge in [0.25, 0.3) is 0 Å². The Morgan fingerprint density at radius 2 is 1.86 bits per heavy atom. The van der Waals surface area contributed by atoms with E-state index in [4.69, 9.17) is 4.74 Å². The molecule has 0 heterocycles. The number of halogens is 3. The average molecular weight is 301 g/mol. The van der Waals surface area contributed by atoms with Gasteiger partial charge in [0, 0.05) is 12.7 Å². The van der Waals surface area contributed by atoms with Crippen molar-refractivity contribution >= 4 is 0 Å². The van der Waals surface area contributed by atoms with Crippen molar-refractivity contribution in [1.29, 1.82) is 0 Å². The maximum atomic E-state index is 14.2. The van der Waals surface area contributed by atoms with E-state index >= 15 is 0 Å². The minimum Gasteiger partial charge on any atom is -0.376 e. The van der Waals surface area contributed by atoms with Crippen molar-refractivity contribution in [3.63, 3.8) is 0 Å². The lowest BCUT2D eigenvalue weighted by Gasteiger charge is -2.37. The summed E-state index contributed by atoms with van der Waals surface area (Å²) in [5.74, 6) is -3.70. The van der Waals surface area contributed by atoms with Crippen LogP contribution in [-0.4, -0.2) is 19.3 Å². The SMILES string of the molecule is CCCNC(c1ccc(F)c(F)c1F)C1(OC)CCCC1. The molecule has 1 aliphatic carbocycles. The van der Waals surface area contributed by atoms with Crippen LogP contribution in [0.1, 0.15) is 50.6 Å². The first-order valence-corrected chi connectivity index (χ1v) is 7.47. The van der Waals surface area contributed by atoms with Crippen LogP contribution in [0, 0.1) is 17.5 Å². The lowest BCUT2D eigenvalue weighted by atomic mass is 9.86. The van der Waals surface area contributed by atoms with Crippen LogP contribution in [0.4, 0.5) is 13.2 Å². The monoisotopic (exact) mass is 301 g/mol. The molecule has 0 aliphatic heterocycles. The molecule has 118 valence electrons. The summed E-state index contributed by atoms with van der Waals surface area (Å²) in [7, 11) is 1.60. The van der Waals surface area contributed by atoms with Crippen molar-refractivity contribution < 1.29 is 17.9 Å². The molecule has 1 aromatic carbocycles. The highest BCUT2D eigenvalue weighted by Gasteiger charge is 2.43. The summed E-state index contributed by atoms with van der Waals surface area (Å²) >= 11 is 0. The van der Waals surface area contributed by atoms with E-state index in [9.17, 15) is 13.2 Å². The lowest BCUT2D eigenvalue weighted by Crippen LogP contribution is -2.44. The number of methoxy groups -OCH3 is 1. The normalized spacial score (nSPS) is 18.9. The molecule has 0 radical (unpaired) electrons. The largest absolute Gasteiger partial charge is 0.376 e. The van der Waals surface area contributed by atoms with E-state index in [1.54, 1.807) is 7.11 Å². The van der Waals surface area contributed by atoms with Crippen LogP contribution >= 0.6 is 0 Å². The fraction of sp³-hybridized carbons (Fsp3) is 0.625. The van der Waals surface area contributed by atoms with E-state index in [2.05, 4.69) is 5.32 Å². The first kappa shape index (κ1) is 16.3. The first-order valence-electron chi connectivity index (χ1n) is 7.47. The molecular weight excluding hydrogens is 279 g/mol. The van der Waals surface area contributed by atoms with Gasteiger partial charge in [-0.05, 0) is 31.9 Å². The fourth-order valence-corrected chi connectivity index (χ4v) is 3.22. The number of nitrogens with one attached hydrogen (secondary N) is 1. The number of benzene rings is 1. The average Bonchev–Trinajstić information content (AvgIpc) is 2.97. The summed E-state index contributed by atoms with van der Waals surface area (Å²) in [6.07, 6.45) is 4.40. The third-order valence-corrected chi connectivity index (χ3v) is 4.36. The Hall–Kier alpha value is -1.07. The molecule has 21 heavy (non-hydrogen) atoms. The summed E-state index contributed by atoms with van der Waals surface area (Å²) in [6.45, 7) is 2.66. The molecule has 1 atom stereocenters. The van der Waals surface area contributed by atoms with Crippen LogP contribution in [0.15, 0.2) is 12.1 Å². The quantitative estimate of drug-likeness (QED) is 0.799. The predicted octanol–water partition coefficient (Wildman–Crippen LogP) is 4.10. The van der Waals surface area contributed by atoms with Gasteiger partial charge >= 0.3 is 0 Å². The van der Waals surface area contributed by atoms with Crippen molar-refractivity contribution in [3.8, 4) is 0 Å². The van der Waals surface area contributed by atoms with E-state index in [0.717, 1.165) is 38.2 Å². The topological polar surface area (TPSA) is 21.3 Å². The van der Waals surface area contributed by atoms with E-state index in [0.29, 0.717) is 6.54 Å². The van der Waals surface area contributed by atoms with Crippen LogP contribution in [0.25, 0.3) is 0 Å². The minimum absolute atomic E-state index is 0.145. The molecule has 1 aromatic rings. The molecule has 1 saturated carbocycles. The lowest BCUT2D eigenvalue weighted by molar-refractivity contribution is -0.0377. The van der Waals surface area contributed by atoms with Crippen LogP contribution in [-0.2, 0) is 4.74 Å². The summed E-state index contributed by atoms with van der Waals surface area (Å²) in [5.41, 5.74) is -0.411. The molecular formula is C16H22F3NO. The van der Waals surface area contributed by atoms with Crippen molar-refractivity contribution in [2.75, 3.05) is 13.7 Å². The smallest absolute Gasteiger partial charge is 0.194 e. The zero-order chi connectivity index (χ0) is 15.5. The Morgan fingerprint density at radius 1 is 1.19 bits per heavy atom. The predicted molar refractivity (Wildman–Crippen MR) is 75.6 cm³/mol. The van der Waals surface area contributed by atoms with Crippen LogP contribution in [0.3, 0.4) is 0 Å². The van der Waals surface area contributed by atoms with Gasteiger partial charge in [0.2, 0.25) is 0 Å². The summed E-state index contributed by atoms with van der Waals surface area (Å²) in [6, 6.07) is 1.83. The molecule has 0 aromatic heterocycles. The first-order chi connectivity index (χ1) is 10.1. The zero-order valence-electron chi connectivity index (χ0n) is 12.5. The number of rotatable bonds is 6. The maximum Gasteiger partial charge on any atom is 0.194 e. The Bertz CT molecular complexity index is 487. The summed E-state index contributed by atoms with van der Waals surface area (Å²) in [4.78, 5) is 0. The zero-order valence-corrected chi connectivity index (χ0v) is 12.5.